The minimum absolute atomic E-state index is 0.264. The summed E-state index contributed by atoms with van der Waals surface area (Å²) in [6, 6.07) is 7.28. The number of aryl methyl sites for hydroxylation is 1. The van der Waals surface area contributed by atoms with Crippen LogP contribution in [0.4, 0.5) is 11.6 Å². The lowest BCUT2D eigenvalue weighted by Gasteiger charge is -2.26. The Morgan fingerprint density at radius 3 is 2.75 bits per heavy atom. The fourth-order valence-corrected chi connectivity index (χ4v) is 2.83. The van der Waals surface area contributed by atoms with E-state index in [9.17, 15) is 4.79 Å². The number of carbonyl (C=O) groups is 1. The molecule has 0 spiro atoms. The number of piperidine rings is 1. The third-order valence-electron chi connectivity index (χ3n) is 4.12. The van der Waals surface area contributed by atoms with Crippen LogP contribution in [-0.4, -0.2) is 36.1 Å². The van der Waals surface area contributed by atoms with Gasteiger partial charge in [-0.2, -0.15) is 0 Å². The molecule has 24 heavy (non-hydrogen) atoms. The van der Waals surface area contributed by atoms with Crippen molar-refractivity contribution in [3.8, 4) is 5.75 Å². The molecule has 0 atom stereocenters. The minimum Gasteiger partial charge on any atom is -0.495 e. The summed E-state index contributed by atoms with van der Waals surface area (Å²) in [5.41, 5.74) is 2.04. The molecule has 0 aliphatic carbocycles. The summed E-state index contributed by atoms with van der Waals surface area (Å²) in [6.07, 6.45) is 5.16. The Morgan fingerprint density at radius 2 is 2.00 bits per heavy atom. The molecular weight excluding hydrogens is 304 g/mol. The number of rotatable bonds is 4. The van der Waals surface area contributed by atoms with E-state index in [0.717, 1.165) is 31.5 Å². The largest absolute Gasteiger partial charge is 0.495 e. The minimum atomic E-state index is -0.264. The Balaban J connectivity index is 1.79. The Bertz CT molecular complexity index is 727. The average Bonchev–Trinajstić information content (AvgIpc) is 2.63. The fraction of sp³-hybridized carbons (Fsp3) is 0.389. The van der Waals surface area contributed by atoms with Gasteiger partial charge in [-0.1, -0.05) is 6.07 Å². The van der Waals surface area contributed by atoms with Crippen molar-refractivity contribution in [2.75, 3.05) is 30.4 Å². The van der Waals surface area contributed by atoms with Crippen molar-refractivity contribution in [2.24, 2.45) is 0 Å². The van der Waals surface area contributed by atoms with Gasteiger partial charge in [0, 0.05) is 19.3 Å². The first-order chi connectivity index (χ1) is 11.7. The van der Waals surface area contributed by atoms with Crippen LogP contribution in [0.15, 0.2) is 30.5 Å². The van der Waals surface area contributed by atoms with Crippen LogP contribution >= 0.6 is 0 Å². The van der Waals surface area contributed by atoms with Crippen molar-refractivity contribution in [1.29, 1.82) is 0 Å². The van der Waals surface area contributed by atoms with E-state index in [1.165, 1.54) is 6.42 Å². The number of carbonyl (C=O) groups excluding carboxylic acids is 1. The van der Waals surface area contributed by atoms with Gasteiger partial charge in [0.25, 0.3) is 5.91 Å². The molecule has 6 heteroatoms. The third-order valence-corrected chi connectivity index (χ3v) is 4.12. The highest BCUT2D eigenvalue weighted by atomic mass is 16.5. The van der Waals surface area contributed by atoms with Crippen LogP contribution in [0.25, 0.3) is 0 Å². The Hall–Kier alpha value is -2.63. The zero-order chi connectivity index (χ0) is 16.9. The van der Waals surface area contributed by atoms with Crippen LogP contribution in [0.3, 0.4) is 0 Å². The van der Waals surface area contributed by atoms with E-state index in [1.807, 2.05) is 25.1 Å². The van der Waals surface area contributed by atoms with E-state index < -0.39 is 0 Å². The number of nitrogens with one attached hydrogen (secondary N) is 1. The smallest absolute Gasteiger partial charge is 0.274 e. The zero-order valence-corrected chi connectivity index (χ0v) is 14.1. The second-order valence-corrected chi connectivity index (χ2v) is 5.95. The molecule has 0 saturated carbocycles. The van der Waals surface area contributed by atoms with E-state index in [2.05, 4.69) is 20.2 Å². The SMILES string of the molecule is COc1ccc(C)cc1NC(=O)c1ccnc(N2CCCCC2)n1. The highest BCUT2D eigenvalue weighted by molar-refractivity contribution is 6.03. The van der Waals surface area contributed by atoms with Gasteiger partial charge in [0.15, 0.2) is 0 Å². The number of nitrogens with zero attached hydrogens (tertiary/aromatic N) is 3. The van der Waals surface area contributed by atoms with Gasteiger partial charge >= 0.3 is 0 Å². The summed E-state index contributed by atoms with van der Waals surface area (Å²) < 4.78 is 5.30. The monoisotopic (exact) mass is 326 g/mol. The molecule has 2 heterocycles. The molecule has 1 fully saturated rings. The lowest BCUT2D eigenvalue weighted by molar-refractivity contribution is 0.102. The number of benzene rings is 1. The van der Waals surface area contributed by atoms with Gasteiger partial charge < -0.3 is 15.0 Å². The van der Waals surface area contributed by atoms with Gasteiger partial charge in [-0.3, -0.25) is 4.79 Å². The summed E-state index contributed by atoms with van der Waals surface area (Å²) in [7, 11) is 1.58. The summed E-state index contributed by atoms with van der Waals surface area (Å²) in [4.78, 5) is 23.4. The maximum atomic E-state index is 12.6. The first-order valence-corrected chi connectivity index (χ1v) is 8.21. The Labute approximate surface area is 141 Å². The van der Waals surface area contributed by atoms with Crippen LogP contribution in [-0.2, 0) is 0 Å². The second kappa shape index (κ2) is 7.29. The van der Waals surface area contributed by atoms with Gasteiger partial charge in [-0.25, -0.2) is 9.97 Å². The molecule has 0 radical (unpaired) electrons. The van der Waals surface area contributed by atoms with Gasteiger partial charge in [-0.15, -0.1) is 0 Å². The molecule has 1 aliphatic rings. The number of anilines is 2. The lowest BCUT2D eigenvalue weighted by atomic mass is 10.1. The molecule has 1 amide bonds. The first kappa shape index (κ1) is 16.2. The molecule has 1 aromatic carbocycles. The molecule has 3 rings (SSSR count). The summed E-state index contributed by atoms with van der Waals surface area (Å²) >= 11 is 0. The molecule has 0 unspecified atom stereocenters. The predicted octanol–water partition coefficient (Wildman–Crippen LogP) is 3.04. The highest BCUT2D eigenvalue weighted by Crippen LogP contribution is 2.25. The van der Waals surface area contributed by atoms with Crippen molar-refractivity contribution in [3.63, 3.8) is 0 Å². The molecular formula is C18H22N4O2. The van der Waals surface area contributed by atoms with E-state index in [1.54, 1.807) is 19.4 Å². The normalized spacial score (nSPS) is 14.3. The average molecular weight is 326 g/mol. The van der Waals surface area contributed by atoms with E-state index in [0.29, 0.717) is 23.1 Å². The van der Waals surface area contributed by atoms with E-state index in [4.69, 9.17) is 4.74 Å². The van der Waals surface area contributed by atoms with Crippen molar-refractivity contribution in [2.45, 2.75) is 26.2 Å². The molecule has 2 aromatic rings. The van der Waals surface area contributed by atoms with Crippen molar-refractivity contribution in [3.05, 3.63) is 41.7 Å². The predicted molar refractivity (Wildman–Crippen MR) is 93.8 cm³/mol. The standard InChI is InChI=1S/C18H22N4O2/c1-13-6-7-16(24-2)15(12-13)20-17(23)14-8-9-19-18(21-14)22-10-4-3-5-11-22/h6-9,12H,3-5,10-11H2,1-2H3,(H,20,23). The van der Waals surface area contributed by atoms with Crippen LogP contribution in [0.1, 0.15) is 35.3 Å². The van der Waals surface area contributed by atoms with Gasteiger partial charge in [-0.05, 0) is 49.9 Å². The van der Waals surface area contributed by atoms with Crippen molar-refractivity contribution < 1.29 is 9.53 Å². The number of methoxy groups -OCH3 is 1. The summed E-state index contributed by atoms with van der Waals surface area (Å²) in [5, 5.41) is 2.88. The van der Waals surface area contributed by atoms with Gasteiger partial charge in [0.2, 0.25) is 5.95 Å². The fourth-order valence-electron chi connectivity index (χ4n) is 2.83. The van der Waals surface area contributed by atoms with Crippen LogP contribution < -0.4 is 15.0 Å². The quantitative estimate of drug-likeness (QED) is 0.935. The molecule has 1 N–H and O–H groups in total. The van der Waals surface area contributed by atoms with E-state index >= 15 is 0 Å². The van der Waals surface area contributed by atoms with Gasteiger partial charge in [0.05, 0.1) is 12.8 Å². The molecule has 126 valence electrons. The number of aromatic nitrogens is 2. The first-order valence-electron chi connectivity index (χ1n) is 8.21. The zero-order valence-electron chi connectivity index (χ0n) is 14.1. The molecule has 1 saturated heterocycles. The molecule has 6 nitrogen and oxygen atoms in total. The number of amides is 1. The number of hydrogen-bond acceptors (Lipinski definition) is 5. The highest BCUT2D eigenvalue weighted by Gasteiger charge is 2.16. The van der Waals surface area contributed by atoms with E-state index in [-0.39, 0.29) is 5.91 Å². The molecule has 1 aliphatic heterocycles. The van der Waals surface area contributed by atoms with Crippen molar-refractivity contribution in [1.82, 2.24) is 9.97 Å². The summed E-state index contributed by atoms with van der Waals surface area (Å²) in [5.74, 6) is 0.984. The third kappa shape index (κ3) is 3.64. The van der Waals surface area contributed by atoms with Crippen molar-refractivity contribution >= 4 is 17.5 Å². The maximum Gasteiger partial charge on any atom is 0.274 e. The number of ether oxygens (including phenoxy) is 1. The lowest BCUT2D eigenvalue weighted by Crippen LogP contribution is -2.31. The van der Waals surface area contributed by atoms with Gasteiger partial charge in [0.1, 0.15) is 11.4 Å². The maximum absolute atomic E-state index is 12.6. The second-order valence-electron chi connectivity index (χ2n) is 5.95. The topological polar surface area (TPSA) is 67.3 Å². The van der Waals surface area contributed by atoms with Crippen LogP contribution in [0.2, 0.25) is 0 Å². The Morgan fingerprint density at radius 1 is 1.21 bits per heavy atom. The molecule has 0 bridgehead atoms. The Kier molecular flexibility index (Phi) is 4.93. The van der Waals surface area contributed by atoms with Crippen LogP contribution in [0, 0.1) is 6.92 Å². The number of hydrogen-bond donors (Lipinski definition) is 1. The molecule has 1 aromatic heterocycles. The van der Waals surface area contributed by atoms with Crippen LogP contribution in [0.5, 0.6) is 5.75 Å². The summed E-state index contributed by atoms with van der Waals surface area (Å²) in [6.45, 7) is 3.85.